The van der Waals surface area contributed by atoms with Crippen molar-refractivity contribution in [1.29, 1.82) is 0 Å². The van der Waals surface area contributed by atoms with Gasteiger partial charge in [0.15, 0.2) is 5.78 Å². The number of hydrogen-bond donors (Lipinski definition) is 2. The molecule has 2 N–H and O–H groups in total. The van der Waals surface area contributed by atoms with Crippen molar-refractivity contribution >= 4 is 17.3 Å². The van der Waals surface area contributed by atoms with E-state index < -0.39 is 0 Å². The maximum atomic E-state index is 12.1. The van der Waals surface area contributed by atoms with Gasteiger partial charge in [0.05, 0.1) is 11.3 Å². The maximum absolute atomic E-state index is 12.1. The lowest BCUT2D eigenvalue weighted by molar-refractivity contribution is 0.104. The first kappa shape index (κ1) is 11.4. The van der Waals surface area contributed by atoms with Crippen molar-refractivity contribution in [3.05, 3.63) is 41.0 Å². The zero-order valence-corrected chi connectivity index (χ0v) is 9.47. The number of aliphatic hydroxyl groups is 1. The van der Waals surface area contributed by atoms with Gasteiger partial charge in [-0.15, -0.1) is 0 Å². The molecule has 0 heterocycles. The quantitative estimate of drug-likeness (QED) is 0.477. The lowest BCUT2D eigenvalue weighted by atomic mass is 10.0. The van der Waals surface area contributed by atoms with E-state index in [9.17, 15) is 9.90 Å². The minimum atomic E-state index is -0.278. The molecule has 4 heteroatoms. The van der Waals surface area contributed by atoms with Gasteiger partial charge < -0.3 is 10.3 Å². The van der Waals surface area contributed by atoms with Gasteiger partial charge in [-0.1, -0.05) is 42.8 Å². The molecule has 1 aromatic carbocycles. The van der Waals surface area contributed by atoms with E-state index in [1.807, 2.05) is 6.92 Å². The zero-order chi connectivity index (χ0) is 12.4. The number of Topliss-reactive ketones (excluding diaryl/α,β-unsaturated/α-hetero) is 1. The molecular formula is C13H13NO3. The highest BCUT2D eigenvalue weighted by atomic mass is 16.4. The Balaban J connectivity index is 2.52. The van der Waals surface area contributed by atoms with Crippen molar-refractivity contribution in [1.82, 2.24) is 0 Å². The van der Waals surface area contributed by atoms with Crippen molar-refractivity contribution in [2.75, 3.05) is 0 Å². The Kier molecular flexibility index (Phi) is 2.95. The molecule has 0 aliphatic heterocycles. The van der Waals surface area contributed by atoms with E-state index in [-0.39, 0.29) is 22.8 Å². The monoisotopic (exact) mass is 231 g/mol. The summed E-state index contributed by atoms with van der Waals surface area (Å²) < 4.78 is 0. The summed E-state index contributed by atoms with van der Waals surface area (Å²) in [5.74, 6) is -0.369. The van der Waals surface area contributed by atoms with E-state index in [1.165, 1.54) is 0 Å². The van der Waals surface area contributed by atoms with Gasteiger partial charge in [0.1, 0.15) is 5.76 Å². The number of nitrogens with zero attached hydrogens (tertiary/aromatic N) is 1. The molecule has 1 aromatic rings. The van der Waals surface area contributed by atoms with E-state index in [2.05, 4.69) is 5.16 Å². The molecule has 0 bridgehead atoms. The Morgan fingerprint density at radius 1 is 1.29 bits per heavy atom. The first-order valence-corrected chi connectivity index (χ1v) is 5.49. The van der Waals surface area contributed by atoms with Crippen LogP contribution in [0.15, 0.2) is 35.0 Å². The molecule has 0 spiro atoms. The van der Waals surface area contributed by atoms with Crippen LogP contribution in [0, 0.1) is 0 Å². The molecule has 0 aromatic heterocycles. The van der Waals surface area contributed by atoms with Gasteiger partial charge in [-0.2, -0.15) is 0 Å². The number of hydrogen-bond acceptors (Lipinski definition) is 4. The number of allylic oxidation sites excluding steroid dienone is 1. The standard InChI is InChI=1S/C13H13NO3/c1-2-5-10(14-17)11-12(15)8-6-3-4-7-9(8)13(11)16/h3-4,6-7,15,17H,2,5H2,1H3/b14-10+. The average Bonchev–Trinajstić information content (AvgIpc) is 2.61. The van der Waals surface area contributed by atoms with Crippen LogP contribution in [0.25, 0.3) is 5.76 Å². The molecule has 0 radical (unpaired) electrons. The highest BCUT2D eigenvalue weighted by Crippen LogP contribution is 2.32. The maximum Gasteiger partial charge on any atom is 0.199 e. The van der Waals surface area contributed by atoms with Gasteiger partial charge in [0.25, 0.3) is 0 Å². The van der Waals surface area contributed by atoms with Crippen LogP contribution >= 0.6 is 0 Å². The molecule has 0 amide bonds. The molecule has 88 valence electrons. The third-order valence-corrected chi connectivity index (χ3v) is 2.79. The Hall–Kier alpha value is -2.10. The Morgan fingerprint density at radius 3 is 2.47 bits per heavy atom. The number of benzene rings is 1. The van der Waals surface area contributed by atoms with E-state index >= 15 is 0 Å². The van der Waals surface area contributed by atoms with Crippen LogP contribution in [0.3, 0.4) is 0 Å². The van der Waals surface area contributed by atoms with Crippen molar-refractivity contribution in [2.24, 2.45) is 5.16 Å². The highest BCUT2D eigenvalue weighted by molar-refractivity contribution is 6.35. The van der Waals surface area contributed by atoms with Crippen LogP contribution in [-0.2, 0) is 0 Å². The van der Waals surface area contributed by atoms with Gasteiger partial charge in [-0.05, 0) is 6.42 Å². The fourth-order valence-electron chi connectivity index (χ4n) is 1.99. The Labute approximate surface area is 98.9 Å². The number of rotatable bonds is 3. The summed E-state index contributed by atoms with van der Waals surface area (Å²) in [6, 6.07) is 6.82. The molecule has 0 fully saturated rings. The number of fused-ring (bicyclic) bond motifs is 1. The average molecular weight is 231 g/mol. The van der Waals surface area contributed by atoms with Gasteiger partial charge in [0, 0.05) is 11.1 Å². The second-order valence-electron chi connectivity index (χ2n) is 3.90. The Morgan fingerprint density at radius 2 is 1.94 bits per heavy atom. The van der Waals surface area contributed by atoms with Gasteiger partial charge in [-0.3, -0.25) is 4.79 Å². The molecule has 0 saturated carbocycles. The first-order chi connectivity index (χ1) is 8.20. The number of aliphatic hydroxyl groups excluding tert-OH is 1. The molecular weight excluding hydrogens is 218 g/mol. The molecule has 0 saturated heterocycles. The van der Waals surface area contributed by atoms with Crippen LogP contribution in [0.5, 0.6) is 0 Å². The normalized spacial score (nSPS) is 15.4. The van der Waals surface area contributed by atoms with Crippen molar-refractivity contribution in [3.8, 4) is 0 Å². The lowest BCUT2D eigenvalue weighted by Crippen LogP contribution is -2.10. The summed E-state index contributed by atoms with van der Waals surface area (Å²) in [6.45, 7) is 1.91. The zero-order valence-electron chi connectivity index (χ0n) is 9.47. The van der Waals surface area contributed by atoms with Gasteiger partial charge in [0.2, 0.25) is 0 Å². The smallest absolute Gasteiger partial charge is 0.199 e. The first-order valence-electron chi connectivity index (χ1n) is 5.49. The van der Waals surface area contributed by atoms with Crippen LogP contribution in [-0.4, -0.2) is 21.8 Å². The minimum Gasteiger partial charge on any atom is -0.506 e. The van der Waals surface area contributed by atoms with Crippen LogP contribution in [0.1, 0.15) is 35.7 Å². The van der Waals surface area contributed by atoms with Crippen LogP contribution in [0.2, 0.25) is 0 Å². The summed E-state index contributed by atoms with van der Waals surface area (Å²) in [4.78, 5) is 12.1. The van der Waals surface area contributed by atoms with E-state index in [0.717, 1.165) is 6.42 Å². The molecule has 0 unspecified atom stereocenters. The fourth-order valence-corrected chi connectivity index (χ4v) is 1.99. The van der Waals surface area contributed by atoms with Gasteiger partial charge >= 0.3 is 0 Å². The third-order valence-electron chi connectivity index (χ3n) is 2.79. The Bertz CT molecular complexity index is 529. The number of carbonyl (C=O) groups is 1. The summed E-state index contributed by atoms with van der Waals surface area (Å²) in [6.07, 6.45) is 1.19. The van der Waals surface area contributed by atoms with Crippen LogP contribution < -0.4 is 0 Å². The van der Waals surface area contributed by atoms with Crippen molar-refractivity contribution in [3.63, 3.8) is 0 Å². The van der Waals surface area contributed by atoms with E-state index in [4.69, 9.17) is 5.21 Å². The predicted octanol–water partition coefficient (Wildman–Crippen LogP) is 2.78. The van der Waals surface area contributed by atoms with Crippen molar-refractivity contribution in [2.45, 2.75) is 19.8 Å². The molecule has 1 aliphatic rings. The second-order valence-corrected chi connectivity index (χ2v) is 3.90. The van der Waals surface area contributed by atoms with E-state index in [1.54, 1.807) is 24.3 Å². The predicted molar refractivity (Wildman–Crippen MR) is 64.5 cm³/mol. The summed E-state index contributed by atoms with van der Waals surface area (Å²) in [7, 11) is 0. The summed E-state index contributed by atoms with van der Waals surface area (Å²) in [5, 5.41) is 22.1. The number of oxime groups is 1. The summed E-state index contributed by atoms with van der Waals surface area (Å²) >= 11 is 0. The SMILES string of the molecule is CCC/C(=N\O)C1=C(O)c2ccccc2C1=O. The minimum absolute atomic E-state index is 0.0909. The third kappa shape index (κ3) is 1.71. The molecule has 17 heavy (non-hydrogen) atoms. The highest BCUT2D eigenvalue weighted by Gasteiger charge is 2.32. The second kappa shape index (κ2) is 4.41. The topological polar surface area (TPSA) is 69.9 Å². The van der Waals surface area contributed by atoms with E-state index in [0.29, 0.717) is 17.5 Å². The fraction of sp³-hybridized carbons (Fsp3) is 0.231. The van der Waals surface area contributed by atoms with Gasteiger partial charge in [-0.25, -0.2) is 0 Å². The summed E-state index contributed by atoms with van der Waals surface area (Å²) in [5.41, 5.74) is 1.32. The molecule has 2 rings (SSSR count). The molecule has 0 atom stereocenters. The number of ketones is 1. The lowest BCUT2D eigenvalue weighted by Gasteiger charge is -2.02. The largest absolute Gasteiger partial charge is 0.506 e. The molecule has 1 aliphatic carbocycles. The molecule has 4 nitrogen and oxygen atoms in total. The number of carbonyl (C=O) groups excluding carboxylic acids is 1. The van der Waals surface area contributed by atoms with Crippen molar-refractivity contribution < 1.29 is 15.1 Å². The van der Waals surface area contributed by atoms with Crippen LogP contribution in [0.4, 0.5) is 0 Å².